The van der Waals surface area contributed by atoms with Crippen LogP contribution in [0.1, 0.15) is 43.9 Å². The number of aromatic nitrogens is 2. The molecule has 43 heavy (non-hydrogen) atoms. The van der Waals surface area contributed by atoms with E-state index in [2.05, 4.69) is 15.6 Å². The van der Waals surface area contributed by atoms with E-state index in [0.29, 0.717) is 24.4 Å². The summed E-state index contributed by atoms with van der Waals surface area (Å²) >= 11 is 0. The number of likely N-dealkylation sites (tertiary alicyclic amines) is 1. The molecule has 1 saturated heterocycles. The maximum atomic E-state index is 13.7. The lowest BCUT2D eigenvalue weighted by Gasteiger charge is -2.25. The number of benzene rings is 2. The molecule has 234 valence electrons. The third kappa shape index (κ3) is 9.42. The molecule has 1 aliphatic rings. The van der Waals surface area contributed by atoms with E-state index in [1.165, 1.54) is 6.33 Å². The fourth-order valence-corrected chi connectivity index (χ4v) is 4.58. The van der Waals surface area contributed by atoms with Crippen LogP contribution in [0.25, 0.3) is 0 Å². The molecule has 3 aromatic rings. The molecule has 4 rings (SSSR count). The first-order valence-corrected chi connectivity index (χ1v) is 13.6. The highest BCUT2D eigenvalue weighted by atomic mass is 35.5. The third-order valence-corrected chi connectivity index (χ3v) is 6.84. The van der Waals surface area contributed by atoms with Gasteiger partial charge in [0.1, 0.15) is 17.8 Å². The predicted octanol–water partition coefficient (Wildman–Crippen LogP) is 3.32. The number of ether oxygens (including phenoxy) is 2. The first-order valence-electron chi connectivity index (χ1n) is 13.6. The van der Waals surface area contributed by atoms with Gasteiger partial charge in [-0.2, -0.15) is 0 Å². The number of hydrogen-bond donors (Lipinski definition) is 3. The van der Waals surface area contributed by atoms with Crippen LogP contribution in [0.2, 0.25) is 0 Å². The Morgan fingerprint density at radius 2 is 1.67 bits per heavy atom. The largest absolute Gasteiger partial charge is 0.496 e. The number of carbonyl (C=O) groups excluding carboxylic acids is 3. The number of rotatable bonds is 12. The summed E-state index contributed by atoms with van der Waals surface area (Å²) in [6, 6.07) is 15.1. The number of nitrogens with one attached hydrogen (secondary N) is 2. The molecular weight excluding hydrogens is 595 g/mol. The van der Waals surface area contributed by atoms with E-state index in [0.717, 1.165) is 18.4 Å². The lowest BCUT2D eigenvalue weighted by molar-refractivity contribution is -0.132. The maximum Gasteiger partial charge on any atom is 0.250 e. The molecule has 2 heterocycles. The number of nitrogens with two attached hydrogens (primary N) is 1. The second kappa shape index (κ2) is 16.3. The van der Waals surface area contributed by atoms with Gasteiger partial charge in [0.05, 0.1) is 32.2 Å². The van der Waals surface area contributed by atoms with Crippen LogP contribution in [-0.2, 0) is 25.7 Å². The lowest BCUT2D eigenvalue weighted by Crippen LogP contribution is -2.56. The number of imidazole rings is 1. The summed E-state index contributed by atoms with van der Waals surface area (Å²) in [5.41, 5.74) is 6.37. The molecular formula is C30H40Cl2N6O5. The van der Waals surface area contributed by atoms with E-state index in [-0.39, 0.29) is 49.8 Å². The zero-order chi connectivity index (χ0) is 29.4. The van der Waals surface area contributed by atoms with Gasteiger partial charge in [-0.3, -0.25) is 14.4 Å². The molecule has 2 atom stereocenters. The van der Waals surface area contributed by atoms with Crippen molar-refractivity contribution < 1.29 is 23.9 Å². The van der Waals surface area contributed by atoms with Gasteiger partial charge in [-0.05, 0) is 38.3 Å². The fourth-order valence-electron chi connectivity index (χ4n) is 4.58. The lowest BCUT2D eigenvalue weighted by atomic mass is 10.0. The molecule has 4 N–H and O–H groups in total. The number of halogens is 2. The van der Waals surface area contributed by atoms with E-state index >= 15 is 0 Å². The van der Waals surface area contributed by atoms with Crippen molar-refractivity contribution in [1.29, 1.82) is 0 Å². The highest BCUT2D eigenvalue weighted by Gasteiger charge is 2.32. The van der Waals surface area contributed by atoms with Crippen LogP contribution < -0.4 is 21.1 Å². The number of hydrogen-bond acceptors (Lipinski definition) is 7. The van der Waals surface area contributed by atoms with Gasteiger partial charge < -0.3 is 35.3 Å². The molecule has 0 bridgehead atoms. The van der Waals surface area contributed by atoms with E-state index in [9.17, 15) is 14.4 Å². The highest BCUT2D eigenvalue weighted by molar-refractivity contribution is 5.98. The van der Waals surface area contributed by atoms with Crippen LogP contribution in [0.3, 0.4) is 0 Å². The summed E-state index contributed by atoms with van der Waals surface area (Å²) in [6.45, 7) is 4.66. The Morgan fingerprint density at radius 3 is 2.33 bits per heavy atom. The predicted molar refractivity (Wildman–Crippen MR) is 169 cm³/mol. The molecule has 3 amide bonds. The molecule has 0 aliphatic carbocycles. The van der Waals surface area contributed by atoms with Crippen LogP contribution in [-0.4, -0.2) is 70.6 Å². The minimum absolute atomic E-state index is 0. The first kappa shape index (κ1) is 35.6. The van der Waals surface area contributed by atoms with Crippen molar-refractivity contribution in [3.05, 3.63) is 78.2 Å². The Bertz CT molecular complexity index is 1340. The number of amides is 3. The van der Waals surface area contributed by atoms with Crippen molar-refractivity contribution in [3.8, 4) is 5.75 Å². The Morgan fingerprint density at radius 1 is 1.02 bits per heavy atom. The molecule has 1 aromatic heterocycles. The van der Waals surface area contributed by atoms with E-state index in [1.54, 1.807) is 37.8 Å². The summed E-state index contributed by atoms with van der Waals surface area (Å²) in [4.78, 5) is 45.8. The van der Waals surface area contributed by atoms with Gasteiger partial charge in [0.25, 0.3) is 5.91 Å². The standard InChI is InChI=1S/C30H38N6O5.2ClH/c1-30(2,31)29(39)33-23(19-41-18-21-11-5-4-6-12-21)27(37)34-25-17-36(20-32-25)26(28(38)35-15-9-10-16-35)22-13-7-8-14-24(22)40-3;;/h4-8,11-14,17,20,23,26H,9-10,15-16,18-19,31H2,1-3H3,(H,33,39)(H,34,37);2*1H/t23-,26?;;/m1../s1. The average Bonchev–Trinajstić information content (AvgIpc) is 3.66. The molecule has 13 heteroatoms. The van der Waals surface area contributed by atoms with E-state index < -0.39 is 29.4 Å². The molecule has 1 aliphatic heterocycles. The Kier molecular flexibility index (Phi) is 13.5. The summed E-state index contributed by atoms with van der Waals surface area (Å²) in [5, 5.41) is 5.42. The smallest absolute Gasteiger partial charge is 0.250 e. The van der Waals surface area contributed by atoms with Gasteiger partial charge in [0, 0.05) is 24.8 Å². The van der Waals surface area contributed by atoms with Crippen LogP contribution in [0.15, 0.2) is 67.1 Å². The Hall–Kier alpha value is -3.64. The minimum Gasteiger partial charge on any atom is -0.496 e. The second-order valence-electron chi connectivity index (χ2n) is 10.6. The Balaban J connectivity index is 0.00000323. The van der Waals surface area contributed by atoms with Crippen LogP contribution in [0.4, 0.5) is 5.82 Å². The van der Waals surface area contributed by atoms with Crippen molar-refractivity contribution >= 4 is 48.4 Å². The molecule has 1 fully saturated rings. The van der Waals surface area contributed by atoms with E-state index in [1.807, 2.05) is 53.4 Å². The van der Waals surface area contributed by atoms with Crippen LogP contribution >= 0.6 is 24.8 Å². The first-order chi connectivity index (χ1) is 19.7. The van der Waals surface area contributed by atoms with Gasteiger partial charge in [-0.15, -0.1) is 24.8 Å². The van der Waals surface area contributed by atoms with Crippen molar-refractivity contribution in [1.82, 2.24) is 19.8 Å². The molecule has 2 aromatic carbocycles. The van der Waals surface area contributed by atoms with Crippen molar-refractivity contribution in [3.63, 3.8) is 0 Å². The van der Waals surface area contributed by atoms with Crippen molar-refractivity contribution in [2.45, 2.75) is 50.9 Å². The molecule has 0 radical (unpaired) electrons. The van der Waals surface area contributed by atoms with Crippen LogP contribution in [0, 0.1) is 0 Å². The van der Waals surface area contributed by atoms with Crippen molar-refractivity contribution in [2.24, 2.45) is 5.73 Å². The summed E-state index contributed by atoms with van der Waals surface area (Å²) in [7, 11) is 1.56. The average molecular weight is 636 g/mol. The quantitative estimate of drug-likeness (QED) is 0.277. The number of para-hydroxylation sites is 1. The maximum absolute atomic E-state index is 13.7. The number of nitrogens with zero attached hydrogens (tertiary/aromatic N) is 3. The topological polar surface area (TPSA) is 141 Å². The molecule has 0 saturated carbocycles. The van der Waals surface area contributed by atoms with Crippen LogP contribution in [0.5, 0.6) is 5.75 Å². The third-order valence-electron chi connectivity index (χ3n) is 6.84. The van der Waals surface area contributed by atoms with Gasteiger partial charge in [-0.25, -0.2) is 4.98 Å². The zero-order valence-corrected chi connectivity index (χ0v) is 26.2. The van der Waals surface area contributed by atoms with Gasteiger partial charge in [0.2, 0.25) is 11.8 Å². The van der Waals surface area contributed by atoms with Gasteiger partial charge in [-0.1, -0.05) is 48.5 Å². The monoisotopic (exact) mass is 634 g/mol. The summed E-state index contributed by atoms with van der Waals surface area (Å²) in [5.74, 6) is -0.308. The Labute approximate surface area is 264 Å². The highest BCUT2D eigenvalue weighted by Crippen LogP contribution is 2.31. The number of anilines is 1. The second-order valence-corrected chi connectivity index (χ2v) is 10.6. The van der Waals surface area contributed by atoms with Gasteiger partial charge >= 0.3 is 0 Å². The summed E-state index contributed by atoms with van der Waals surface area (Å²) < 4.78 is 13.0. The SMILES string of the molecule is COc1ccccc1C(C(=O)N1CCCC1)n1cnc(NC(=O)[C@@H](COCc2ccccc2)NC(=O)C(C)(C)N)c1.Cl.Cl. The van der Waals surface area contributed by atoms with Gasteiger partial charge in [0.15, 0.2) is 5.82 Å². The summed E-state index contributed by atoms with van der Waals surface area (Å²) in [6.07, 6.45) is 5.01. The normalized spacial score (nSPS) is 14.1. The zero-order valence-electron chi connectivity index (χ0n) is 24.5. The van der Waals surface area contributed by atoms with E-state index in [4.69, 9.17) is 15.2 Å². The molecule has 0 spiro atoms. The number of methoxy groups -OCH3 is 1. The molecule has 1 unspecified atom stereocenters. The van der Waals surface area contributed by atoms with Crippen molar-refractivity contribution in [2.75, 3.05) is 32.1 Å². The number of carbonyl (C=O) groups is 3. The molecule has 11 nitrogen and oxygen atoms in total. The fraction of sp³-hybridized carbons (Fsp3) is 0.400. The minimum atomic E-state index is -1.20.